The minimum atomic E-state index is 0.319. The van der Waals surface area contributed by atoms with Gasteiger partial charge in [-0.05, 0) is 50.3 Å². The largest absolute Gasteiger partial charge is 0.474 e. The number of aromatic nitrogens is 1. The standard InChI is InChI=1S/C19H31N5O2/c20-19(22-7-3-9-24-10-12-25-13-11-24)23-15-16-6-8-21-18(14-16)26-17-4-1-2-5-17/h6,8,14,17H,1-5,7,9-13,15H2,(H3,20,22,23). The summed E-state index contributed by atoms with van der Waals surface area (Å²) < 4.78 is 11.3. The summed E-state index contributed by atoms with van der Waals surface area (Å²) >= 11 is 0. The maximum Gasteiger partial charge on any atom is 0.213 e. The average molecular weight is 361 g/mol. The van der Waals surface area contributed by atoms with Crippen molar-refractivity contribution in [1.82, 2.24) is 15.2 Å². The Hall–Kier alpha value is -1.86. The zero-order valence-corrected chi connectivity index (χ0v) is 15.5. The van der Waals surface area contributed by atoms with E-state index in [2.05, 4.69) is 20.2 Å². The Morgan fingerprint density at radius 1 is 1.35 bits per heavy atom. The second kappa shape index (κ2) is 10.3. The number of ether oxygens (including phenoxy) is 2. The number of nitrogens with two attached hydrogens (primary N) is 1. The summed E-state index contributed by atoms with van der Waals surface area (Å²) in [4.78, 5) is 11.1. The lowest BCUT2D eigenvalue weighted by Crippen LogP contribution is -2.39. The number of morpholine rings is 1. The van der Waals surface area contributed by atoms with Gasteiger partial charge in [-0.25, -0.2) is 9.98 Å². The summed E-state index contributed by atoms with van der Waals surface area (Å²) in [6, 6.07) is 3.92. The Bertz CT molecular complexity index is 569. The number of rotatable bonds is 8. The van der Waals surface area contributed by atoms with Gasteiger partial charge in [0, 0.05) is 31.9 Å². The van der Waals surface area contributed by atoms with Gasteiger partial charge in [0.15, 0.2) is 5.96 Å². The van der Waals surface area contributed by atoms with Crippen LogP contribution in [0.15, 0.2) is 23.3 Å². The number of nitrogens with zero attached hydrogens (tertiary/aromatic N) is 3. The third-order valence-electron chi connectivity index (χ3n) is 4.88. The third-order valence-corrected chi connectivity index (χ3v) is 4.88. The van der Waals surface area contributed by atoms with Gasteiger partial charge in [-0.3, -0.25) is 4.90 Å². The fraction of sp³-hybridized carbons (Fsp3) is 0.684. The number of guanidine groups is 1. The molecule has 1 saturated heterocycles. The molecule has 1 aromatic heterocycles. The summed E-state index contributed by atoms with van der Waals surface area (Å²) in [5, 5.41) is 3.19. The molecule has 0 spiro atoms. The monoisotopic (exact) mass is 361 g/mol. The van der Waals surface area contributed by atoms with Gasteiger partial charge < -0.3 is 20.5 Å². The minimum absolute atomic E-state index is 0.319. The van der Waals surface area contributed by atoms with Crippen molar-refractivity contribution in [2.75, 3.05) is 39.4 Å². The lowest BCUT2D eigenvalue weighted by atomic mass is 10.2. The normalized spacial score (nSPS) is 19.6. The molecule has 3 rings (SSSR count). The van der Waals surface area contributed by atoms with E-state index in [4.69, 9.17) is 15.2 Å². The summed E-state index contributed by atoms with van der Waals surface area (Å²) in [6.45, 7) is 6.17. The summed E-state index contributed by atoms with van der Waals surface area (Å²) in [6.07, 6.45) is 7.91. The van der Waals surface area contributed by atoms with Gasteiger partial charge in [-0.15, -0.1) is 0 Å². The van der Waals surface area contributed by atoms with Crippen LogP contribution in [0.3, 0.4) is 0 Å². The van der Waals surface area contributed by atoms with Gasteiger partial charge >= 0.3 is 0 Å². The smallest absolute Gasteiger partial charge is 0.213 e. The van der Waals surface area contributed by atoms with Gasteiger partial charge in [0.05, 0.1) is 19.8 Å². The van der Waals surface area contributed by atoms with Crippen molar-refractivity contribution in [3.8, 4) is 5.88 Å². The molecule has 0 atom stereocenters. The maximum atomic E-state index is 5.97. The minimum Gasteiger partial charge on any atom is -0.474 e. The van der Waals surface area contributed by atoms with Crippen molar-refractivity contribution in [3.63, 3.8) is 0 Å². The van der Waals surface area contributed by atoms with Crippen molar-refractivity contribution in [2.45, 2.75) is 44.8 Å². The van der Waals surface area contributed by atoms with Crippen molar-refractivity contribution < 1.29 is 9.47 Å². The molecule has 0 bridgehead atoms. The molecule has 1 aromatic rings. The molecule has 144 valence electrons. The van der Waals surface area contributed by atoms with Crippen LogP contribution in [0.1, 0.15) is 37.7 Å². The van der Waals surface area contributed by atoms with Crippen LogP contribution in [0.5, 0.6) is 5.88 Å². The van der Waals surface area contributed by atoms with Crippen LogP contribution >= 0.6 is 0 Å². The van der Waals surface area contributed by atoms with Gasteiger partial charge in [-0.1, -0.05) is 0 Å². The highest BCUT2D eigenvalue weighted by Crippen LogP contribution is 2.23. The van der Waals surface area contributed by atoms with E-state index in [1.54, 1.807) is 6.20 Å². The second-order valence-electron chi connectivity index (χ2n) is 6.96. The highest BCUT2D eigenvalue weighted by molar-refractivity contribution is 5.77. The molecule has 0 radical (unpaired) electrons. The molecule has 7 nitrogen and oxygen atoms in total. The van der Waals surface area contributed by atoms with Crippen molar-refractivity contribution in [2.24, 2.45) is 10.7 Å². The highest BCUT2D eigenvalue weighted by Gasteiger charge is 2.17. The first-order valence-electron chi connectivity index (χ1n) is 9.75. The van der Waals surface area contributed by atoms with Crippen LogP contribution in [0, 0.1) is 0 Å². The van der Waals surface area contributed by atoms with Crippen LogP contribution in [-0.2, 0) is 11.3 Å². The van der Waals surface area contributed by atoms with E-state index in [0.29, 0.717) is 24.5 Å². The van der Waals surface area contributed by atoms with E-state index in [1.165, 1.54) is 12.8 Å². The molecule has 2 aliphatic rings. The van der Waals surface area contributed by atoms with Crippen molar-refractivity contribution in [3.05, 3.63) is 23.9 Å². The molecule has 2 heterocycles. The van der Waals surface area contributed by atoms with Crippen LogP contribution in [0.25, 0.3) is 0 Å². The number of aliphatic imine (C=N–C) groups is 1. The lowest BCUT2D eigenvalue weighted by molar-refractivity contribution is 0.0376. The summed E-state index contributed by atoms with van der Waals surface area (Å²) in [5.41, 5.74) is 7.03. The molecule has 1 aliphatic carbocycles. The average Bonchev–Trinajstić information content (AvgIpc) is 3.18. The molecule has 3 N–H and O–H groups in total. The first kappa shape index (κ1) is 18.9. The Balaban J connectivity index is 1.36. The fourth-order valence-electron chi connectivity index (χ4n) is 3.37. The van der Waals surface area contributed by atoms with Crippen LogP contribution in [0.2, 0.25) is 0 Å². The van der Waals surface area contributed by atoms with E-state index < -0.39 is 0 Å². The fourth-order valence-corrected chi connectivity index (χ4v) is 3.37. The molecule has 1 saturated carbocycles. The molecular formula is C19H31N5O2. The zero-order chi connectivity index (χ0) is 18.0. The second-order valence-corrected chi connectivity index (χ2v) is 6.96. The van der Waals surface area contributed by atoms with E-state index in [0.717, 1.165) is 64.2 Å². The predicted octanol–water partition coefficient (Wildman–Crippen LogP) is 1.53. The Morgan fingerprint density at radius 2 is 2.15 bits per heavy atom. The lowest BCUT2D eigenvalue weighted by Gasteiger charge is -2.26. The SMILES string of the molecule is NC(=NCc1ccnc(OC2CCCC2)c1)NCCCN1CCOCC1. The Labute approximate surface area is 156 Å². The predicted molar refractivity (Wildman–Crippen MR) is 102 cm³/mol. The summed E-state index contributed by atoms with van der Waals surface area (Å²) in [7, 11) is 0. The van der Waals surface area contributed by atoms with E-state index in [9.17, 15) is 0 Å². The molecule has 0 amide bonds. The highest BCUT2D eigenvalue weighted by atomic mass is 16.5. The molecule has 7 heteroatoms. The number of pyridine rings is 1. The van der Waals surface area contributed by atoms with E-state index in [-0.39, 0.29) is 0 Å². The first-order valence-corrected chi connectivity index (χ1v) is 9.75. The van der Waals surface area contributed by atoms with Gasteiger partial charge in [0.1, 0.15) is 6.10 Å². The first-order chi connectivity index (χ1) is 12.8. The quantitative estimate of drug-likeness (QED) is 0.415. The molecule has 2 fully saturated rings. The zero-order valence-electron chi connectivity index (χ0n) is 15.5. The molecule has 0 aromatic carbocycles. The van der Waals surface area contributed by atoms with Crippen LogP contribution < -0.4 is 15.8 Å². The molecule has 1 aliphatic heterocycles. The van der Waals surface area contributed by atoms with Gasteiger partial charge in [-0.2, -0.15) is 0 Å². The summed E-state index contributed by atoms with van der Waals surface area (Å²) in [5.74, 6) is 1.18. The number of nitrogens with one attached hydrogen (secondary N) is 1. The van der Waals surface area contributed by atoms with Crippen LogP contribution in [0.4, 0.5) is 0 Å². The maximum absolute atomic E-state index is 5.97. The van der Waals surface area contributed by atoms with Crippen LogP contribution in [-0.4, -0.2) is 61.3 Å². The van der Waals surface area contributed by atoms with Gasteiger partial charge in [0.25, 0.3) is 0 Å². The Morgan fingerprint density at radius 3 is 2.96 bits per heavy atom. The third kappa shape index (κ3) is 6.46. The van der Waals surface area contributed by atoms with E-state index >= 15 is 0 Å². The molecular weight excluding hydrogens is 330 g/mol. The van der Waals surface area contributed by atoms with Crippen molar-refractivity contribution in [1.29, 1.82) is 0 Å². The van der Waals surface area contributed by atoms with E-state index in [1.807, 2.05) is 12.1 Å². The topological polar surface area (TPSA) is 85.0 Å². The Kier molecular flexibility index (Phi) is 7.51. The van der Waals surface area contributed by atoms with Gasteiger partial charge in [0.2, 0.25) is 5.88 Å². The number of hydrogen-bond donors (Lipinski definition) is 2. The molecule has 0 unspecified atom stereocenters. The number of hydrogen-bond acceptors (Lipinski definition) is 5. The van der Waals surface area contributed by atoms with Crippen molar-refractivity contribution >= 4 is 5.96 Å². The molecule has 26 heavy (non-hydrogen) atoms.